The first-order valence-electron chi connectivity index (χ1n) is 4.04. The molecule has 0 saturated carbocycles. The van der Waals surface area contributed by atoms with Crippen LogP contribution in [0, 0.1) is 0 Å². The van der Waals surface area contributed by atoms with Gasteiger partial charge in [-0.15, -0.1) is 0 Å². The van der Waals surface area contributed by atoms with Crippen LogP contribution in [0.4, 0.5) is 0 Å². The van der Waals surface area contributed by atoms with E-state index in [1.54, 1.807) is 6.92 Å². The van der Waals surface area contributed by atoms with Gasteiger partial charge >= 0.3 is 0 Å². The van der Waals surface area contributed by atoms with E-state index in [1.165, 1.54) is 6.26 Å². The molecule has 0 radical (unpaired) electrons. The van der Waals surface area contributed by atoms with E-state index in [0.717, 1.165) is 0 Å². The molecule has 6 heteroatoms. The molecular weight excluding hydrogens is 192 g/mol. The summed E-state index contributed by atoms with van der Waals surface area (Å²) in [5, 5.41) is 2.53. The second kappa shape index (κ2) is 5.18. The van der Waals surface area contributed by atoms with E-state index >= 15 is 0 Å². The monoisotopic (exact) mass is 208 g/mol. The summed E-state index contributed by atoms with van der Waals surface area (Å²) in [6.45, 7) is 1.93. The molecule has 1 amide bonds. The van der Waals surface area contributed by atoms with Crippen molar-refractivity contribution in [3.05, 3.63) is 0 Å². The van der Waals surface area contributed by atoms with Crippen molar-refractivity contribution < 1.29 is 13.2 Å². The van der Waals surface area contributed by atoms with Crippen LogP contribution in [0.3, 0.4) is 0 Å². The van der Waals surface area contributed by atoms with Crippen LogP contribution < -0.4 is 11.1 Å². The van der Waals surface area contributed by atoms with Gasteiger partial charge in [0.05, 0.1) is 11.8 Å². The Bertz CT molecular complexity index is 259. The first kappa shape index (κ1) is 12.4. The number of hydrogen-bond donors (Lipinski definition) is 2. The summed E-state index contributed by atoms with van der Waals surface area (Å²) in [5.74, 6) is -0.167. The van der Waals surface area contributed by atoms with Gasteiger partial charge < -0.3 is 11.1 Å². The third kappa shape index (κ3) is 7.73. The molecular formula is C7H16N2O3S. The Morgan fingerprint density at radius 1 is 1.54 bits per heavy atom. The highest BCUT2D eigenvalue weighted by Gasteiger charge is 2.06. The van der Waals surface area contributed by atoms with Crippen molar-refractivity contribution in [3.8, 4) is 0 Å². The summed E-state index contributed by atoms with van der Waals surface area (Å²) >= 11 is 0. The molecule has 0 aliphatic carbocycles. The van der Waals surface area contributed by atoms with Crippen LogP contribution in [0.15, 0.2) is 0 Å². The lowest BCUT2D eigenvalue weighted by molar-refractivity contribution is -0.121. The second-order valence-corrected chi connectivity index (χ2v) is 5.32. The molecule has 0 aromatic rings. The fourth-order valence-corrected chi connectivity index (χ4v) is 1.38. The normalized spacial score (nSPS) is 13.8. The van der Waals surface area contributed by atoms with Crippen molar-refractivity contribution in [2.24, 2.45) is 5.73 Å². The van der Waals surface area contributed by atoms with Gasteiger partial charge in [0.2, 0.25) is 5.91 Å². The van der Waals surface area contributed by atoms with E-state index < -0.39 is 15.9 Å². The van der Waals surface area contributed by atoms with Gasteiger partial charge in [-0.2, -0.15) is 0 Å². The molecule has 78 valence electrons. The van der Waals surface area contributed by atoms with E-state index in [4.69, 9.17) is 5.73 Å². The van der Waals surface area contributed by atoms with Crippen LogP contribution in [0.2, 0.25) is 0 Å². The van der Waals surface area contributed by atoms with Crippen LogP contribution in [0.1, 0.15) is 13.3 Å². The molecule has 1 atom stereocenters. The lowest BCUT2D eigenvalue weighted by Gasteiger charge is -2.06. The lowest BCUT2D eigenvalue weighted by atomic mass is 10.3. The minimum atomic E-state index is -2.92. The molecule has 13 heavy (non-hydrogen) atoms. The van der Waals surface area contributed by atoms with Gasteiger partial charge in [-0.05, 0) is 13.3 Å². The fourth-order valence-electron chi connectivity index (χ4n) is 0.707. The van der Waals surface area contributed by atoms with E-state index in [-0.39, 0.29) is 11.7 Å². The zero-order valence-corrected chi connectivity index (χ0v) is 8.73. The zero-order valence-electron chi connectivity index (χ0n) is 7.91. The predicted octanol–water partition coefficient (Wildman–Crippen LogP) is -1.12. The molecule has 3 N–H and O–H groups in total. The van der Waals surface area contributed by atoms with Crippen LogP contribution >= 0.6 is 0 Å². The average Bonchev–Trinajstić information content (AvgIpc) is 1.95. The van der Waals surface area contributed by atoms with Crippen LogP contribution in [0.25, 0.3) is 0 Å². The van der Waals surface area contributed by atoms with Gasteiger partial charge in [0.1, 0.15) is 9.84 Å². The van der Waals surface area contributed by atoms with E-state index in [1.807, 2.05) is 0 Å². The van der Waals surface area contributed by atoms with Gasteiger partial charge in [0, 0.05) is 12.8 Å². The highest BCUT2D eigenvalue weighted by atomic mass is 32.2. The summed E-state index contributed by atoms with van der Waals surface area (Å²) < 4.78 is 21.3. The fraction of sp³-hybridized carbons (Fsp3) is 0.857. The first-order valence-corrected chi connectivity index (χ1v) is 6.10. The molecule has 0 saturated heterocycles. The molecule has 0 aromatic carbocycles. The third-order valence-electron chi connectivity index (χ3n) is 1.40. The maximum Gasteiger partial charge on any atom is 0.236 e. The summed E-state index contributed by atoms with van der Waals surface area (Å²) in [4.78, 5) is 10.9. The number of amides is 1. The standard InChI is InChI=1S/C7H16N2O3S/c1-6(8)7(10)9-4-3-5-13(2,11)12/h6H,3-5,8H2,1-2H3,(H,9,10)/t6-/m0/s1. The smallest absolute Gasteiger partial charge is 0.236 e. The number of sulfone groups is 1. The Kier molecular flexibility index (Phi) is 4.94. The van der Waals surface area contributed by atoms with Gasteiger partial charge in [-0.1, -0.05) is 0 Å². The number of nitrogens with two attached hydrogens (primary N) is 1. The zero-order chi connectivity index (χ0) is 10.5. The molecule has 0 aromatic heterocycles. The molecule has 0 spiro atoms. The van der Waals surface area contributed by atoms with Gasteiger partial charge in [0.25, 0.3) is 0 Å². The topological polar surface area (TPSA) is 89.3 Å². The molecule has 0 heterocycles. The Balaban J connectivity index is 3.53. The molecule has 0 unspecified atom stereocenters. The largest absolute Gasteiger partial charge is 0.355 e. The highest BCUT2D eigenvalue weighted by Crippen LogP contribution is 1.87. The van der Waals surface area contributed by atoms with Crippen molar-refractivity contribution in [3.63, 3.8) is 0 Å². The number of carbonyl (C=O) groups excluding carboxylic acids is 1. The van der Waals surface area contributed by atoms with Crippen molar-refractivity contribution in [2.45, 2.75) is 19.4 Å². The molecule has 0 bridgehead atoms. The van der Waals surface area contributed by atoms with Gasteiger partial charge in [-0.25, -0.2) is 8.42 Å². The van der Waals surface area contributed by atoms with Gasteiger partial charge in [0.15, 0.2) is 0 Å². The summed E-state index contributed by atoms with van der Waals surface area (Å²) in [7, 11) is -2.92. The maximum atomic E-state index is 10.9. The Labute approximate surface area is 78.6 Å². The summed E-state index contributed by atoms with van der Waals surface area (Å²) in [5.41, 5.74) is 5.27. The second-order valence-electron chi connectivity index (χ2n) is 3.06. The Morgan fingerprint density at radius 2 is 2.08 bits per heavy atom. The molecule has 0 aliphatic rings. The Morgan fingerprint density at radius 3 is 2.46 bits per heavy atom. The van der Waals surface area contributed by atoms with E-state index in [0.29, 0.717) is 13.0 Å². The quantitative estimate of drug-likeness (QED) is 0.560. The average molecular weight is 208 g/mol. The number of nitrogens with one attached hydrogen (secondary N) is 1. The van der Waals surface area contributed by atoms with E-state index in [2.05, 4.69) is 5.32 Å². The third-order valence-corrected chi connectivity index (χ3v) is 2.43. The van der Waals surface area contributed by atoms with Gasteiger partial charge in [-0.3, -0.25) is 4.79 Å². The van der Waals surface area contributed by atoms with Crippen LogP contribution in [-0.4, -0.2) is 38.9 Å². The summed E-state index contributed by atoms with van der Waals surface area (Å²) in [6.07, 6.45) is 1.59. The van der Waals surface area contributed by atoms with Crippen LogP contribution in [-0.2, 0) is 14.6 Å². The van der Waals surface area contributed by atoms with Crippen LogP contribution in [0.5, 0.6) is 0 Å². The minimum absolute atomic E-state index is 0.0895. The predicted molar refractivity (Wildman–Crippen MR) is 51.0 cm³/mol. The molecule has 5 nitrogen and oxygen atoms in total. The molecule has 0 fully saturated rings. The van der Waals surface area contributed by atoms with Crippen molar-refractivity contribution >= 4 is 15.7 Å². The number of rotatable bonds is 5. The molecule has 0 rings (SSSR count). The highest BCUT2D eigenvalue weighted by molar-refractivity contribution is 7.90. The number of carbonyl (C=O) groups is 1. The van der Waals surface area contributed by atoms with Crippen molar-refractivity contribution in [1.29, 1.82) is 0 Å². The Hall–Kier alpha value is -0.620. The number of hydrogen-bond acceptors (Lipinski definition) is 4. The van der Waals surface area contributed by atoms with Crippen molar-refractivity contribution in [1.82, 2.24) is 5.32 Å². The van der Waals surface area contributed by atoms with E-state index in [9.17, 15) is 13.2 Å². The maximum absolute atomic E-state index is 10.9. The minimum Gasteiger partial charge on any atom is -0.355 e. The first-order chi connectivity index (χ1) is 5.83. The SMILES string of the molecule is C[C@H](N)C(=O)NCCCS(C)(=O)=O. The summed E-state index contributed by atoms with van der Waals surface area (Å²) in [6, 6.07) is -0.543. The van der Waals surface area contributed by atoms with Crippen molar-refractivity contribution in [2.75, 3.05) is 18.6 Å². The molecule has 0 aliphatic heterocycles. The lowest BCUT2D eigenvalue weighted by Crippen LogP contribution is -2.39.